The first kappa shape index (κ1) is 16.7. The van der Waals surface area contributed by atoms with Crippen LogP contribution in [-0.4, -0.2) is 21.0 Å². The number of sulfonamides is 1. The molecule has 3 N–H and O–H groups in total. The Bertz CT molecular complexity index is 619. The van der Waals surface area contributed by atoms with Gasteiger partial charge in [0, 0.05) is 11.6 Å². The van der Waals surface area contributed by atoms with E-state index >= 15 is 0 Å². The quantitative estimate of drug-likeness (QED) is 0.834. The molecule has 1 aromatic carbocycles. The maximum atomic E-state index is 12.5. The number of nitrogens with two attached hydrogens (primary N) is 1. The molecule has 110 valence electrons. The number of benzene rings is 1. The maximum absolute atomic E-state index is 12.5. The fraction of sp³-hybridized carbons (Fsp3) is 0.467. The first-order valence-corrected chi connectivity index (χ1v) is 7.97. The SMILES string of the molecule is CC(NS(=O)(=O)c1ccccc1C#CCN)C(C)(C)C. The molecule has 1 aromatic rings. The van der Waals surface area contributed by atoms with Crippen molar-refractivity contribution in [2.45, 2.75) is 38.6 Å². The second-order valence-corrected chi connectivity index (χ2v) is 7.39. The van der Waals surface area contributed by atoms with E-state index in [1.165, 1.54) is 0 Å². The fourth-order valence-electron chi connectivity index (χ4n) is 1.42. The van der Waals surface area contributed by atoms with Crippen LogP contribution in [0.5, 0.6) is 0 Å². The first-order chi connectivity index (χ1) is 9.18. The van der Waals surface area contributed by atoms with Crippen molar-refractivity contribution in [3.05, 3.63) is 29.8 Å². The van der Waals surface area contributed by atoms with Gasteiger partial charge in [-0.05, 0) is 24.5 Å². The molecule has 0 heterocycles. The van der Waals surface area contributed by atoms with Crippen molar-refractivity contribution in [1.82, 2.24) is 4.72 Å². The number of hydrogen-bond acceptors (Lipinski definition) is 3. The summed E-state index contributed by atoms with van der Waals surface area (Å²) in [5.41, 5.74) is 5.64. The van der Waals surface area contributed by atoms with Crippen LogP contribution in [-0.2, 0) is 10.0 Å². The zero-order valence-corrected chi connectivity index (χ0v) is 13.2. The lowest BCUT2D eigenvalue weighted by Gasteiger charge is -2.28. The second kappa shape index (κ2) is 6.40. The molecule has 0 aromatic heterocycles. The van der Waals surface area contributed by atoms with E-state index in [1.54, 1.807) is 24.3 Å². The molecular weight excluding hydrogens is 272 g/mol. The number of rotatable bonds is 3. The van der Waals surface area contributed by atoms with Gasteiger partial charge in [0.2, 0.25) is 10.0 Å². The molecule has 1 rings (SSSR count). The summed E-state index contributed by atoms with van der Waals surface area (Å²) in [6.45, 7) is 8.01. The van der Waals surface area contributed by atoms with Crippen molar-refractivity contribution in [2.24, 2.45) is 11.1 Å². The molecule has 20 heavy (non-hydrogen) atoms. The van der Waals surface area contributed by atoms with E-state index in [0.717, 1.165) is 0 Å². The van der Waals surface area contributed by atoms with E-state index < -0.39 is 10.0 Å². The molecular formula is C15H22N2O2S. The fourth-order valence-corrected chi connectivity index (χ4v) is 3.04. The third-order valence-electron chi connectivity index (χ3n) is 3.13. The monoisotopic (exact) mass is 294 g/mol. The van der Waals surface area contributed by atoms with Crippen LogP contribution in [0.2, 0.25) is 0 Å². The Morgan fingerprint density at radius 3 is 2.45 bits per heavy atom. The van der Waals surface area contributed by atoms with Gasteiger partial charge in [0.15, 0.2) is 0 Å². The van der Waals surface area contributed by atoms with Crippen LogP contribution >= 0.6 is 0 Å². The molecule has 0 saturated carbocycles. The van der Waals surface area contributed by atoms with Gasteiger partial charge in [0.05, 0.1) is 11.4 Å². The smallest absolute Gasteiger partial charge is 0.242 e. The van der Waals surface area contributed by atoms with Gasteiger partial charge in [-0.15, -0.1) is 0 Å². The minimum absolute atomic E-state index is 0.162. The summed E-state index contributed by atoms with van der Waals surface area (Å²) in [5.74, 6) is 5.48. The lowest BCUT2D eigenvalue weighted by atomic mass is 9.89. The Labute approximate surface area is 121 Å². The largest absolute Gasteiger partial charge is 0.320 e. The van der Waals surface area contributed by atoms with E-state index in [-0.39, 0.29) is 22.9 Å². The van der Waals surface area contributed by atoms with Crippen LogP contribution in [0.15, 0.2) is 29.2 Å². The molecule has 0 spiro atoms. The standard InChI is InChI=1S/C15H22N2O2S/c1-12(15(2,3)4)17-20(18,19)14-10-6-5-8-13(14)9-7-11-16/h5-6,8,10,12,17H,11,16H2,1-4H3. The van der Waals surface area contributed by atoms with Crippen molar-refractivity contribution < 1.29 is 8.42 Å². The lowest BCUT2D eigenvalue weighted by molar-refractivity contribution is 0.317. The molecule has 0 aliphatic heterocycles. The molecule has 0 bridgehead atoms. The van der Waals surface area contributed by atoms with Crippen molar-refractivity contribution in [1.29, 1.82) is 0 Å². The van der Waals surface area contributed by atoms with Gasteiger partial charge in [-0.25, -0.2) is 13.1 Å². The van der Waals surface area contributed by atoms with Gasteiger partial charge in [-0.2, -0.15) is 0 Å². The summed E-state index contributed by atoms with van der Waals surface area (Å²) in [6.07, 6.45) is 0. The summed E-state index contributed by atoms with van der Waals surface area (Å²) >= 11 is 0. The molecule has 0 aliphatic rings. The molecule has 0 radical (unpaired) electrons. The third kappa shape index (κ3) is 4.34. The van der Waals surface area contributed by atoms with Crippen LogP contribution in [0.1, 0.15) is 33.3 Å². The summed E-state index contributed by atoms with van der Waals surface area (Å²) in [5, 5.41) is 0. The Kier molecular flexibility index (Phi) is 5.35. The highest BCUT2D eigenvalue weighted by atomic mass is 32.2. The predicted octanol–water partition coefficient (Wildman–Crippen LogP) is 1.71. The van der Waals surface area contributed by atoms with Crippen LogP contribution in [0.25, 0.3) is 0 Å². The highest BCUT2D eigenvalue weighted by Crippen LogP contribution is 2.22. The van der Waals surface area contributed by atoms with Gasteiger partial charge in [-0.1, -0.05) is 44.7 Å². The van der Waals surface area contributed by atoms with E-state index in [2.05, 4.69) is 16.6 Å². The van der Waals surface area contributed by atoms with Crippen LogP contribution in [0.4, 0.5) is 0 Å². The molecule has 0 amide bonds. The van der Waals surface area contributed by atoms with Gasteiger partial charge in [0.1, 0.15) is 0 Å². The van der Waals surface area contributed by atoms with Gasteiger partial charge >= 0.3 is 0 Å². The normalized spacial score (nSPS) is 13.4. The van der Waals surface area contributed by atoms with Gasteiger partial charge < -0.3 is 5.73 Å². The van der Waals surface area contributed by atoms with Crippen LogP contribution in [0.3, 0.4) is 0 Å². The number of nitrogens with one attached hydrogen (secondary N) is 1. The molecule has 0 saturated heterocycles. The summed E-state index contributed by atoms with van der Waals surface area (Å²) in [7, 11) is -3.60. The zero-order valence-electron chi connectivity index (χ0n) is 12.4. The highest BCUT2D eigenvalue weighted by molar-refractivity contribution is 7.89. The van der Waals surface area contributed by atoms with Crippen molar-refractivity contribution in [3.8, 4) is 11.8 Å². The Balaban J connectivity index is 3.17. The molecule has 1 unspecified atom stereocenters. The minimum Gasteiger partial charge on any atom is -0.320 e. The van der Waals surface area contributed by atoms with Crippen LogP contribution in [0, 0.1) is 17.3 Å². The van der Waals surface area contributed by atoms with Crippen LogP contribution < -0.4 is 10.5 Å². The van der Waals surface area contributed by atoms with Gasteiger partial charge in [-0.3, -0.25) is 0 Å². The Morgan fingerprint density at radius 1 is 1.30 bits per heavy atom. The molecule has 4 nitrogen and oxygen atoms in total. The second-order valence-electron chi connectivity index (χ2n) is 5.71. The maximum Gasteiger partial charge on any atom is 0.242 e. The van der Waals surface area contributed by atoms with Gasteiger partial charge in [0.25, 0.3) is 0 Å². The Morgan fingerprint density at radius 2 is 1.90 bits per heavy atom. The first-order valence-electron chi connectivity index (χ1n) is 6.49. The Hall–Kier alpha value is -1.35. The topological polar surface area (TPSA) is 72.2 Å². The zero-order chi connectivity index (χ0) is 15.4. The highest BCUT2D eigenvalue weighted by Gasteiger charge is 2.26. The summed E-state index contributed by atoms with van der Waals surface area (Å²) in [6, 6.07) is 6.48. The van der Waals surface area contributed by atoms with E-state index in [9.17, 15) is 8.42 Å². The molecule has 0 aliphatic carbocycles. The molecule has 0 fully saturated rings. The number of hydrogen-bond donors (Lipinski definition) is 2. The average molecular weight is 294 g/mol. The predicted molar refractivity (Wildman–Crippen MR) is 81.6 cm³/mol. The summed E-state index contributed by atoms with van der Waals surface area (Å²) < 4.78 is 27.6. The molecule has 1 atom stereocenters. The molecule has 5 heteroatoms. The minimum atomic E-state index is -3.60. The lowest BCUT2D eigenvalue weighted by Crippen LogP contribution is -2.41. The van der Waals surface area contributed by atoms with E-state index in [0.29, 0.717) is 5.56 Å². The van der Waals surface area contributed by atoms with Crippen molar-refractivity contribution in [3.63, 3.8) is 0 Å². The average Bonchev–Trinajstić information content (AvgIpc) is 2.35. The third-order valence-corrected chi connectivity index (χ3v) is 4.73. The van der Waals surface area contributed by atoms with Crippen molar-refractivity contribution in [2.75, 3.05) is 6.54 Å². The summed E-state index contributed by atoms with van der Waals surface area (Å²) in [4.78, 5) is 0.192. The van der Waals surface area contributed by atoms with E-state index in [1.807, 2.05) is 27.7 Å². The van der Waals surface area contributed by atoms with Crippen molar-refractivity contribution >= 4 is 10.0 Å². The van der Waals surface area contributed by atoms with E-state index in [4.69, 9.17) is 5.73 Å².